The number of benzene rings is 2. The SMILES string of the molecule is CCN(C(=O)c1cc2cc(F)ccc2[nH]1)C1=CCCC(NCc2cc3ccccc3o2)C1. The Morgan fingerprint density at radius 3 is 2.91 bits per heavy atom. The lowest BCUT2D eigenvalue weighted by molar-refractivity contribution is 0.0797. The van der Waals surface area contributed by atoms with E-state index in [4.69, 9.17) is 4.42 Å². The molecule has 0 spiro atoms. The number of nitrogens with one attached hydrogen (secondary N) is 2. The first-order valence-corrected chi connectivity index (χ1v) is 11.1. The van der Waals surface area contributed by atoms with Gasteiger partial charge in [-0.2, -0.15) is 0 Å². The maximum atomic E-state index is 13.5. The van der Waals surface area contributed by atoms with Gasteiger partial charge in [0.05, 0.1) is 6.54 Å². The minimum Gasteiger partial charge on any atom is -0.460 e. The van der Waals surface area contributed by atoms with E-state index in [1.54, 1.807) is 12.1 Å². The van der Waals surface area contributed by atoms with E-state index in [1.165, 1.54) is 12.1 Å². The molecule has 1 aliphatic rings. The number of aromatic amines is 1. The van der Waals surface area contributed by atoms with Gasteiger partial charge in [0.2, 0.25) is 0 Å². The van der Waals surface area contributed by atoms with Crippen LogP contribution in [0.15, 0.2) is 70.8 Å². The maximum Gasteiger partial charge on any atom is 0.274 e. The molecule has 0 aliphatic heterocycles. The Bertz CT molecular complexity index is 1270. The van der Waals surface area contributed by atoms with Crippen molar-refractivity contribution in [3.63, 3.8) is 0 Å². The number of allylic oxidation sites excluding steroid dienone is 1. The summed E-state index contributed by atoms with van der Waals surface area (Å²) >= 11 is 0. The van der Waals surface area contributed by atoms with Crippen LogP contribution in [-0.2, 0) is 6.54 Å². The van der Waals surface area contributed by atoms with E-state index in [9.17, 15) is 9.18 Å². The monoisotopic (exact) mass is 431 g/mol. The number of halogens is 1. The highest BCUT2D eigenvalue weighted by Gasteiger charge is 2.25. The third kappa shape index (κ3) is 4.06. The minimum absolute atomic E-state index is 0.0895. The topological polar surface area (TPSA) is 61.3 Å². The van der Waals surface area contributed by atoms with E-state index >= 15 is 0 Å². The Morgan fingerprint density at radius 1 is 1.19 bits per heavy atom. The Labute approximate surface area is 185 Å². The van der Waals surface area contributed by atoms with Crippen molar-refractivity contribution in [1.29, 1.82) is 0 Å². The maximum absolute atomic E-state index is 13.5. The highest BCUT2D eigenvalue weighted by atomic mass is 19.1. The van der Waals surface area contributed by atoms with Crippen molar-refractivity contribution >= 4 is 27.8 Å². The molecule has 1 unspecified atom stereocenters. The summed E-state index contributed by atoms with van der Waals surface area (Å²) in [5, 5.41) is 5.40. The molecule has 0 saturated carbocycles. The predicted molar refractivity (Wildman–Crippen MR) is 124 cm³/mol. The van der Waals surface area contributed by atoms with Crippen molar-refractivity contribution < 1.29 is 13.6 Å². The van der Waals surface area contributed by atoms with E-state index in [1.807, 2.05) is 36.1 Å². The number of hydrogen-bond acceptors (Lipinski definition) is 3. The molecule has 5 nitrogen and oxygen atoms in total. The third-order valence-corrected chi connectivity index (χ3v) is 6.11. The molecule has 1 atom stereocenters. The molecule has 5 rings (SSSR count). The molecule has 32 heavy (non-hydrogen) atoms. The molecule has 0 fully saturated rings. The van der Waals surface area contributed by atoms with E-state index in [2.05, 4.69) is 22.4 Å². The molecule has 1 amide bonds. The van der Waals surface area contributed by atoms with Gasteiger partial charge in [-0.1, -0.05) is 24.3 Å². The van der Waals surface area contributed by atoms with Gasteiger partial charge in [-0.05, 0) is 56.2 Å². The number of para-hydroxylation sites is 1. The van der Waals surface area contributed by atoms with Crippen LogP contribution in [0.25, 0.3) is 21.9 Å². The first-order valence-electron chi connectivity index (χ1n) is 11.1. The van der Waals surface area contributed by atoms with Crippen LogP contribution in [0.3, 0.4) is 0 Å². The van der Waals surface area contributed by atoms with Crippen LogP contribution in [0, 0.1) is 5.82 Å². The number of carbonyl (C=O) groups is 1. The number of furan rings is 1. The normalized spacial score (nSPS) is 16.4. The molecular formula is C26H26FN3O2. The molecule has 4 aromatic rings. The lowest BCUT2D eigenvalue weighted by Gasteiger charge is -2.30. The zero-order chi connectivity index (χ0) is 22.1. The summed E-state index contributed by atoms with van der Waals surface area (Å²) in [6, 6.07) is 16.6. The number of aromatic nitrogens is 1. The zero-order valence-electron chi connectivity index (χ0n) is 18.0. The lowest BCUT2D eigenvalue weighted by atomic mass is 9.97. The molecule has 6 heteroatoms. The molecule has 2 N–H and O–H groups in total. The van der Waals surface area contributed by atoms with Crippen LogP contribution in [0.5, 0.6) is 0 Å². The average Bonchev–Trinajstić information content (AvgIpc) is 3.42. The van der Waals surface area contributed by atoms with Crippen LogP contribution in [0.4, 0.5) is 4.39 Å². The van der Waals surface area contributed by atoms with E-state index in [-0.39, 0.29) is 17.8 Å². The fraction of sp³-hybridized carbons (Fsp3) is 0.269. The fourth-order valence-electron chi connectivity index (χ4n) is 4.49. The van der Waals surface area contributed by atoms with Crippen LogP contribution in [0.2, 0.25) is 0 Å². The molecule has 164 valence electrons. The summed E-state index contributed by atoms with van der Waals surface area (Å²) in [6.07, 6.45) is 4.85. The standard InChI is InChI=1S/C26H26FN3O2/c1-2-30(26(31)24-14-18-12-19(27)10-11-23(18)29-24)21-8-5-7-20(15-21)28-16-22-13-17-6-3-4-9-25(17)32-22/h3-4,6,8-14,20,28-29H,2,5,7,15-16H2,1H3. The molecule has 2 heterocycles. The van der Waals surface area contributed by atoms with Gasteiger partial charge >= 0.3 is 0 Å². The molecular weight excluding hydrogens is 405 g/mol. The molecule has 2 aromatic heterocycles. The molecule has 2 aromatic carbocycles. The highest BCUT2D eigenvalue weighted by molar-refractivity contribution is 5.98. The number of amides is 1. The molecule has 0 saturated heterocycles. The molecule has 0 bridgehead atoms. The summed E-state index contributed by atoms with van der Waals surface area (Å²) in [5.74, 6) is 0.514. The van der Waals surface area contributed by atoms with Crippen molar-refractivity contribution in [2.75, 3.05) is 6.54 Å². The van der Waals surface area contributed by atoms with E-state index < -0.39 is 0 Å². The van der Waals surface area contributed by atoms with Gasteiger partial charge in [-0.25, -0.2) is 4.39 Å². The zero-order valence-corrected chi connectivity index (χ0v) is 18.0. The van der Waals surface area contributed by atoms with Gasteiger partial charge in [-0.15, -0.1) is 0 Å². The predicted octanol–water partition coefficient (Wildman–Crippen LogP) is 5.74. The fourth-order valence-corrected chi connectivity index (χ4v) is 4.49. The second-order valence-corrected chi connectivity index (χ2v) is 8.27. The largest absolute Gasteiger partial charge is 0.460 e. The van der Waals surface area contributed by atoms with Gasteiger partial charge in [0.1, 0.15) is 22.9 Å². The van der Waals surface area contributed by atoms with Crippen LogP contribution in [0.1, 0.15) is 42.4 Å². The van der Waals surface area contributed by atoms with Crippen molar-refractivity contribution in [3.05, 3.63) is 83.6 Å². The molecule has 0 radical (unpaired) electrons. The quantitative estimate of drug-likeness (QED) is 0.409. The van der Waals surface area contributed by atoms with Gasteiger partial charge in [-0.3, -0.25) is 4.79 Å². The van der Waals surface area contributed by atoms with Gasteiger partial charge in [0, 0.05) is 41.0 Å². The van der Waals surface area contributed by atoms with Crippen molar-refractivity contribution in [1.82, 2.24) is 15.2 Å². The number of hydrogen-bond donors (Lipinski definition) is 2. The summed E-state index contributed by atoms with van der Waals surface area (Å²) in [6.45, 7) is 3.21. The van der Waals surface area contributed by atoms with Crippen LogP contribution in [-0.4, -0.2) is 28.4 Å². The van der Waals surface area contributed by atoms with E-state index in [0.717, 1.165) is 47.2 Å². The molecule has 1 aliphatic carbocycles. The van der Waals surface area contributed by atoms with Gasteiger partial charge in [0.15, 0.2) is 0 Å². The number of H-pyrrole nitrogens is 1. The Kier molecular flexibility index (Phi) is 5.53. The van der Waals surface area contributed by atoms with E-state index in [0.29, 0.717) is 24.2 Å². The Hall–Kier alpha value is -3.38. The number of carbonyl (C=O) groups excluding carboxylic acids is 1. The summed E-state index contributed by atoms with van der Waals surface area (Å²) in [7, 11) is 0. The number of rotatable bonds is 6. The van der Waals surface area contributed by atoms with Crippen molar-refractivity contribution in [2.45, 2.75) is 38.8 Å². The smallest absolute Gasteiger partial charge is 0.274 e. The Morgan fingerprint density at radius 2 is 2.06 bits per heavy atom. The summed E-state index contributed by atoms with van der Waals surface area (Å²) < 4.78 is 19.4. The van der Waals surface area contributed by atoms with Crippen LogP contribution >= 0.6 is 0 Å². The summed E-state index contributed by atoms with van der Waals surface area (Å²) in [5.41, 5.74) is 3.16. The average molecular weight is 432 g/mol. The Balaban J connectivity index is 1.27. The second kappa shape index (κ2) is 8.63. The minimum atomic E-state index is -0.309. The lowest BCUT2D eigenvalue weighted by Crippen LogP contribution is -2.37. The summed E-state index contributed by atoms with van der Waals surface area (Å²) in [4.78, 5) is 18.2. The van der Waals surface area contributed by atoms with Crippen molar-refractivity contribution in [2.24, 2.45) is 0 Å². The van der Waals surface area contributed by atoms with Gasteiger partial charge in [0.25, 0.3) is 5.91 Å². The van der Waals surface area contributed by atoms with Crippen LogP contribution < -0.4 is 5.32 Å². The number of fused-ring (bicyclic) bond motifs is 2. The van der Waals surface area contributed by atoms with Gasteiger partial charge < -0.3 is 19.6 Å². The number of nitrogens with zero attached hydrogens (tertiary/aromatic N) is 1. The highest BCUT2D eigenvalue weighted by Crippen LogP contribution is 2.26. The second-order valence-electron chi connectivity index (χ2n) is 8.27. The first kappa shape index (κ1) is 20.5. The third-order valence-electron chi connectivity index (χ3n) is 6.11. The first-order chi connectivity index (χ1) is 15.6. The van der Waals surface area contributed by atoms with Crippen molar-refractivity contribution in [3.8, 4) is 0 Å².